The molecule has 2 heterocycles. The van der Waals surface area contributed by atoms with Crippen molar-refractivity contribution in [1.29, 1.82) is 0 Å². The first-order valence-corrected chi connectivity index (χ1v) is 7.67. The van der Waals surface area contributed by atoms with Crippen molar-refractivity contribution in [2.45, 2.75) is 45.8 Å². The quantitative estimate of drug-likeness (QED) is 0.866. The van der Waals surface area contributed by atoms with Gasteiger partial charge in [0.1, 0.15) is 18.3 Å². The van der Waals surface area contributed by atoms with Crippen LogP contribution in [0.15, 0.2) is 30.9 Å². The van der Waals surface area contributed by atoms with Crippen molar-refractivity contribution in [3.05, 3.63) is 47.5 Å². The molecular weight excluding hydrogens is 262 g/mol. The molecule has 0 amide bonds. The minimum Gasteiger partial charge on any atom is -0.368 e. The molecule has 1 aliphatic rings. The third kappa shape index (κ3) is 2.72. The highest BCUT2D eigenvalue weighted by Gasteiger charge is 2.42. The average molecular weight is 285 g/mol. The Hall–Kier alpha value is -1.68. The molecular formula is C17H23N3O. The van der Waals surface area contributed by atoms with Crippen LogP contribution in [0.4, 0.5) is 0 Å². The molecule has 112 valence electrons. The third-order valence-electron chi connectivity index (χ3n) is 4.55. The van der Waals surface area contributed by atoms with Gasteiger partial charge in [0.15, 0.2) is 0 Å². The van der Waals surface area contributed by atoms with Gasteiger partial charge in [-0.3, -0.25) is 0 Å². The van der Waals surface area contributed by atoms with E-state index >= 15 is 0 Å². The molecule has 2 aromatic rings. The fourth-order valence-electron chi connectivity index (χ4n) is 3.41. The van der Waals surface area contributed by atoms with Crippen LogP contribution >= 0.6 is 0 Å². The SMILES string of the molecule is CCC1COC(Cn2cncn2)(c2ccc(C)cc2C)C1. The van der Waals surface area contributed by atoms with E-state index in [9.17, 15) is 0 Å². The molecule has 1 aromatic heterocycles. The summed E-state index contributed by atoms with van der Waals surface area (Å²) in [6.45, 7) is 8.10. The number of benzene rings is 1. The normalized spacial score (nSPS) is 25.4. The third-order valence-corrected chi connectivity index (χ3v) is 4.55. The fraction of sp³-hybridized carbons (Fsp3) is 0.529. The molecule has 0 aliphatic carbocycles. The van der Waals surface area contributed by atoms with Crippen LogP contribution in [0.2, 0.25) is 0 Å². The molecule has 2 unspecified atom stereocenters. The topological polar surface area (TPSA) is 39.9 Å². The Morgan fingerprint density at radius 1 is 1.38 bits per heavy atom. The van der Waals surface area contributed by atoms with Crippen LogP contribution in [0.25, 0.3) is 0 Å². The number of hydrogen-bond donors (Lipinski definition) is 0. The van der Waals surface area contributed by atoms with Crippen LogP contribution in [-0.4, -0.2) is 21.4 Å². The molecule has 1 aromatic carbocycles. The Kier molecular flexibility index (Phi) is 3.81. The Morgan fingerprint density at radius 3 is 2.86 bits per heavy atom. The number of hydrogen-bond acceptors (Lipinski definition) is 3. The second-order valence-electron chi connectivity index (χ2n) is 6.20. The maximum absolute atomic E-state index is 6.34. The molecule has 3 rings (SSSR count). The molecule has 21 heavy (non-hydrogen) atoms. The summed E-state index contributed by atoms with van der Waals surface area (Å²) in [5, 5.41) is 4.27. The largest absolute Gasteiger partial charge is 0.368 e. The Morgan fingerprint density at radius 2 is 2.24 bits per heavy atom. The van der Waals surface area contributed by atoms with Crippen LogP contribution in [0.5, 0.6) is 0 Å². The standard InChI is InChI=1S/C17H23N3O/c1-4-15-8-17(21-9-15,10-20-12-18-11-19-20)16-6-5-13(2)7-14(16)3/h5-7,11-12,15H,4,8-10H2,1-3H3. The summed E-state index contributed by atoms with van der Waals surface area (Å²) < 4.78 is 8.22. The zero-order valence-electron chi connectivity index (χ0n) is 13.0. The van der Waals surface area contributed by atoms with E-state index in [0.29, 0.717) is 5.92 Å². The second-order valence-corrected chi connectivity index (χ2v) is 6.20. The first kappa shape index (κ1) is 14.3. The van der Waals surface area contributed by atoms with Crippen molar-refractivity contribution < 1.29 is 4.74 Å². The van der Waals surface area contributed by atoms with Crippen LogP contribution in [0, 0.1) is 19.8 Å². The van der Waals surface area contributed by atoms with Crippen LogP contribution in [0.3, 0.4) is 0 Å². The van der Waals surface area contributed by atoms with Crippen molar-refractivity contribution >= 4 is 0 Å². The van der Waals surface area contributed by atoms with Crippen LogP contribution in [-0.2, 0) is 16.9 Å². The van der Waals surface area contributed by atoms with E-state index in [2.05, 4.69) is 49.1 Å². The predicted octanol–water partition coefficient (Wildman–Crippen LogP) is 3.24. The maximum atomic E-state index is 6.34. The predicted molar refractivity (Wildman–Crippen MR) is 82.0 cm³/mol. The van der Waals surface area contributed by atoms with Gasteiger partial charge >= 0.3 is 0 Å². The minimum atomic E-state index is -0.272. The van der Waals surface area contributed by atoms with E-state index in [1.807, 2.05) is 4.68 Å². The molecule has 1 aliphatic heterocycles. The summed E-state index contributed by atoms with van der Waals surface area (Å²) in [5.74, 6) is 0.620. The van der Waals surface area contributed by atoms with E-state index in [1.165, 1.54) is 16.7 Å². The summed E-state index contributed by atoms with van der Waals surface area (Å²) in [7, 11) is 0. The van der Waals surface area contributed by atoms with Crippen molar-refractivity contribution in [2.24, 2.45) is 5.92 Å². The van der Waals surface area contributed by atoms with Gasteiger partial charge in [-0.15, -0.1) is 0 Å². The molecule has 4 nitrogen and oxygen atoms in total. The maximum Gasteiger partial charge on any atom is 0.137 e. The summed E-state index contributed by atoms with van der Waals surface area (Å²) in [6.07, 6.45) is 5.56. The van der Waals surface area contributed by atoms with Crippen molar-refractivity contribution in [2.75, 3.05) is 6.61 Å². The number of rotatable bonds is 4. The van der Waals surface area contributed by atoms with E-state index < -0.39 is 0 Å². The molecule has 2 atom stereocenters. The Bertz CT molecular complexity index is 609. The highest BCUT2D eigenvalue weighted by atomic mass is 16.5. The molecule has 0 N–H and O–H groups in total. The molecule has 1 saturated heterocycles. The number of ether oxygens (including phenoxy) is 1. The summed E-state index contributed by atoms with van der Waals surface area (Å²) >= 11 is 0. The first-order valence-electron chi connectivity index (χ1n) is 7.67. The van der Waals surface area contributed by atoms with E-state index in [4.69, 9.17) is 4.74 Å². The lowest BCUT2D eigenvalue weighted by atomic mass is 9.83. The summed E-state index contributed by atoms with van der Waals surface area (Å²) in [5.41, 5.74) is 3.61. The fourth-order valence-corrected chi connectivity index (χ4v) is 3.41. The molecule has 0 bridgehead atoms. The number of aromatic nitrogens is 3. The number of aryl methyl sites for hydroxylation is 2. The van der Waals surface area contributed by atoms with E-state index in [1.54, 1.807) is 12.7 Å². The molecule has 1 fully saturated rings. The second kappa shape index (κ2) is 5.60. The van der Waals surface area contributed by atoms with E-state index in [-0.39, 0.29) is 5.60 Å². The van der Waals surface area contributed by atoms with Crippen LogP contribution in [0.1, 0.15) is 36.5 Å². The van der Waals surface area contributed by atoms with Gasteiger partial charge in [-0.1, -0.05) is 37.1 Å². The average Bonchev–Trinajstić information content (AvgIpc) is 3.09. The summed E-state index contributed by atoms with van der Waals surface area (Å²) in [6, 6.07) is 6.63. The first-order chi connectivity index (χ1) is 10.1. The minimum absolute atomic E-state index is 0.272. The van der Waals surface area contributed by atoms with Gasteiger partial charge in [0.05, 0.1) is 13.2 Å². The van der Waals surface area contributed by atoms with Gasteiger partial charge in [0.2, 0.25) is 0 Å². The molecule has 4 heteroatoms. The lowest BCUT2D eigenvalue weighted by Crippen LogP contribution is -2.32. The lowest BCUT2D eigenvalue weighted by molar-refractivity contribution is -0.0182. The van der Waals surface area contributed by atoms with Crippen molar-refractivity contribution in [3.8, 4) is 0 Å². The highest BCUT2D eigenvalue weighted by molar-refractivity contribution is 5.35. The van der Waals surface area contributed by atoms with Gasteiger partial charge in [-0.25, -0.2) is 9.67 Å². The molecule has 0 spiro atoms. The van der Waals surface area contributed by atoms with Gasteiger partial charge < -0.3 is 4.74 Å². The van der Waals surface area contributed by atoms with Gasteiger partial charge in [0.25, 0.3) is 0 Å². The van der Waals surface area contributed by atoms with Gasteiger partial charge in [0, 0.05) is 0 Å². The van der Waals surface area contributed by atoms with E-state index in [0.717, 1.165) is 26.0 Å². The monoisotopic (exact) mass is 285 g/mol. The zero-order chi connectivity index (χ0) is 14.9. The molecule has 0 radical (unpaired) electrons. The smallest absolute Gasteiger partial charge is 0.137 e. The van der Waals surface area contributed by atoms with Crippen molar-refractivity contribution in [3.63, 3.8) is 0 Å². The van der Waals surface area contributed by atoms with Crippen LogP contribution < -0.4 is 0 Å². The van der Waals surface area contributed by atoms with Gasteiger partial charge in [-0.2, -0.15) is 5.10 Å². The highest BCUT2D eigenvalue weighted by Crippen LogP contribution is 2.42. The van der Waals surface area contributed by atoms with Gasteiger partial charge in [-0.05, 0) is 37.3 Å². The summed E-state index contributed by atoms with van der Waals surface area (Å²) in [4.78, 5) is 4.06. The lowest BCUT2D eigenvalue weighted by Gasteiger charge is -2.30. The Labute approximate surface area is 126 Å². The molecule has 0 saturated carbocycles. The number of nitrogens with zero attached hydrogens (tertiary/aromatic N) is 3. The zero-order valence-corrected chi connectivity index (χ0v) is 13.0. The Balaban J connectivity index is 1.99. The van der Waals surface area contributed by atoms with Crippen molar-refractivity contribution in [1.82, 2.24) is 14.8 Å².